The van der Waals surface area contributed by atoms with E-state index < -0.39 is 27.4 Å². The van der Waals surface area contributed by atoms with Crippen molar-refractivity contribution < 1.29 is 27.7 Å². The van der Waals surface area contributed by atoms with E-state index in [0.717, 1.165) is 4.31 Å². The van der Waals surface area contributed by atoms with E-state index in [1.54, 1.807) is 18.2 Å². The fourth-order valence-corrected chi connectivity index (χ4v) is 4.96. The summed E-state index contributed by atoms with van der Waals surface area (Å²) in [5.74, 6) is -1.04. The zero-order valence-electron chi connectivity index (χ0n) is 17.4. The summed E-state index contributed by atoms with van der Waals surface area (Å²) in [4.78, 5) is 36.6. The number of sulfonamides is 1. The first-order chi connectivity index (χ1) is 15.2. The van der Waals surface area contributed by atoms with Crippen molar-refractivity contribution in [1.29, 1.82) is 0 Å². The third kappa shape index (κ3) is 5.05. The number of nitro groups is 1. The molecule has 0 radical (unpaired) electrons. The van der Waals surface area contributed by atoms with Gasteiger partial charge in [-0.2, -0.15) is 0 Å². The minimum atomic E-state index is -4.11. The van der Waals surface area contributed by atoms with Crippen LogP contribution in [0.1, 0.15) is 12.8 Å². The standard InChI is InChI=1S/C21H23N3O7S/c1-31-21(26)16-11-13-22(14-12-16)20(25)15-23(17-7-9-18(10-8-17)24(27)28)32(29,30)19-5-3-2-4-6-19/h2-10,16H,11-15H2,1H3. The SMILES string of the molecule is COC(=O)C1CCN(C(=O)CN(c2ccc([N+](=O)[O-])cc2)S(=O)(=O)c2ccccc2)CC1. The van der Waals surface area contributed by atoms with Crippen LogP contribution < -0.4 is 4.31 Å². The van der Waals surface area contributed by atoms with Crippen LogP contribution in [-0.2, 0) is 24.3 Å². The predicted molar refractivity (Wildman–Crippen MR) is 115 cm³/mol. The lowest BCUT2D eigenvalue weighted by Gasteiger charge is -2.33. The number of ether oxygens (including phenoxy) is 1. The van der Waals surface area contributed by atoms with Crippen LogP contribution in [0.3, 0.4) is 0 Å². The maximum Gasteiger partial charge on any atom is 0.308 e. The van der Waals surface area contributed by atoms with Crippen LogP contribution in [0, 0.1) is 16.0 Å². The molecule has 0 unspecified atom stereocenters. The maximum absolute atomic E-state index is 13.3. The summed E-state index contributed by atoms with van der Waals surface area (Å²) < 4.78 is 32.3. The number of carbonyl (C=O) groups excluding carboxylic acids is 2. The van der Waals surface area contributed by atoms with Crippen LogP contribution in [0.4, 0.5) is 11.4 Å². The van der Waals surface area contributed by atoms with Crippen molar-refractivity contribution in [3.05, 3.63) is 64.7 Å². The van der Waals surface area contributed by atoms with Crippen molar-refractivity contribution in [3.63, 3.8) is 0 Å². The second kappa shape index (κ2) is 9.77. The van der Waals surface area contributed by atoms with Crippen LogP contribution in [-0.4, -0.2) is 56.9 Å². The number of piperidine rings is 1. The number of anilines is 1. The summed E-state index contributed by atoms with van der Waals surface area (Å²) in [7, 11) is -2.79. The van der Waals surface area contributed by atoms with Gasteiger partial charge in [-0.15, -0.1) is 0 Å². The van der Waals surface area contributed by atoms with Crippen molar-refractivity contribution >= 4 is 33.3 Å². The van der Waals surface area contributed by atoms with Crippen molar-refractivity contribution in [2.75, 3.05) is 31.0 Å². The van der Waals surface area contributed by atoms with E-state index >= 15 is 0 Å². The highest BCUT2D eigenvalue weighted by Gasteiger charge is 2.32. The van der Waals surface area contributed by atoms with Gasteiger partial charge in [0.15, 0.2) is 0 Å². The molecule has 0 aliphatic carbocycles. The van der Waals surface area contributed by atoms with Gasteiger partial charge >= 0.3 is 5.97 Å². The molecule has 2 aromatic carbocycles. The number of rotatable bonds is 7. The molecule has 1 aliphatic rings. The Balaban J connectivity index is 1.86. The molecule has 32 heavy (non-hydrogen) atoms. The van der Waals surface area contributed by atoms with Crippen molar-refractivity contribution in [3.8, 4) is 0 Å². The van der Waals surface area contributed by atoms with E-state index in [2.05, 4.69) is 0 Å². The van der Waals surface area contributed by atoms with Crippen molar-refractivity contribution in [2.24, 2.45) is 5.92 Å². The molecule has 0 N–H and O–H groups in total. The first kappa shape index (κ1) is 23.2. The molecule has 1 saturated heterocycles. The molecule has 1 aliphatic heterocycles. The quantitative estimate of drug-likeness (QED) is 0.351. The molecule has 0 spiro atoms. The van der Waals surface area contributed by atoms with E-state index in [1.165, 1.54) is 48.4 Å². The highest BCUT2D eigenvalue weighted by Crippen LogP contribution is 2.26. The number of methoxy groups -OCH3 is 1. The molecule has 1 heterocycles. The van der Waals surface area contributed by atoms with Gasteiger partial charge in [0.2, 0.25) is 5.91 Å². The number of esters is 1. The molecule has 3 rings (SSSR count). The average molecular weight is 461 g/mol. The monoisotopic (exact) mass is 461 g/mol. The number of hydrogen-bond donors (Lipinski definition) is 0. The highest BCUT2D eigenvalue weighted by molar-refractivity contribution is 7.92. The zero-order chi connectivity index (χ0) is 23.3. The third-order valence-corrected chi connectivity index (χ3v) is 7.13. The molecule has 11 heteroatoms. The Bertz CT molecular complexity index is 1080. The van der Waals surface area contributed by atoms with Gasteiger partial charge in [-0.1, -0.05) is 18.2 Å². The maximum atomic E-state index is 13.3. The van der Waals surface area contributed by atoms with E-state index in [4.69, 9.17) is 4.74 Å². The Labute approximate surface area is 185 Å². The topological polar surface area (TPSA) is 127 Å². The summed E-state index contributed by atoms with van der Waals surface area (Å²) in [5.41, 5.74) is -0.0562. The molecular formula is C21H23N3O7S. The summed E-state index contributed by atoms with van der Waals surface area (Å²) >= 11 is 0. The van der Waals surface area contributed by atoms with Crippen LogP contribution in [0.25, 0.3) is 0 Å². The van der Waals surface area contributed by atoms with E-state index in [9.17, 15) is 28.1 Å². The molecule has 0 saturated carbocycles. The van der Waals surface area contributed by atoms with Crippen molar-refractivity contribution in [1.82, 2.24) is 4.90 Å². The van der Waals surface area contributed by atoms with Gasteiger partial charge in [0.1, 0.15) is 6.54 Å². The van der Waals surface area contributed by atoms with Crippen LogP contribution in [0.15, 0.2) is 59.5 Å². The van der Waals surface area contributed by atoms with E-state index in [-0.39, 0.29) is 28.2 Å². The van der Waals surface area contributed by atoms with Gasteiger partial charge in [-0.3, -0.25) is 24.0 Å². The fourth-order valence-electron chi connectivity index (χ4n) is 3.53. The third-order valence-electron chi connectivity index (χ3n) is 5.34. The lowest BCUT2D eigenvalue weighted by Crippen LogP contribution is -2.46. The first-order valence-electron chi connectivity index (χ1n) is 9.92. The normalized spacial score (nSPS) is 14.6. The second-order valence-electron chi connectivity index (χ2n) is 7.28. The number of likely N-dealkylation sites (tertiary alicyclic amines) is 1. The number of benzene rings is 2. The number of hydrogen-bond acceptors (Lipinski definition) is 7. The molecule has 0 aromatic heterocycles. The Morgan fingerprint density at radius 1 is 1.09 bits per heavy atom. The largest absolute Gasteiger partial charge is 0.469 e. The van der Waals surface area contributed by atoms with Crippen LogP contribution in [0.2, 0.25) is 0 Å². The number of carbonyl (C=O) groups is 2. The van der Waals surface area contributed by atoms with E-state index in [0.29, 0.717) is 25.9 Å². The summed E-state index contributed by atoms with van der Waals surface area (Å²) in [6.07, 6.45) is 0.864. The minimum absolute atomic E-state index is 0.00412. The summed E-state index contributed by atoms with van der Waals surface area (Å²) in [5, 5.41) is 11.0. The molecule has 1 amide bonds. The Morgan fingerprint density at radius 2 is 1.69 bits per heavy atom. The van der Waals surface area contributed by atoms with Gasteiger partial charge < -0.3 is 9.64 Å². The number of amides is 1. The van der Waals surface area contributed by atoms with Crippen LogP contribution >= 0.6 is 0 Å². The molecule has 1 fully saturated rings. The van der Waals surface area contributed by atoms with Gasteiger partial charge in [-0.05, 0) is 37.1 Å². The molecule has 2 aromatic rings. The van der Waals surface area contributed by atoms with Gasteiger partial charge in [0.25, 0.3) is 15.7 Å². The molecular weight excluding hydrogens is 438 g/mol. The van der Waals surface area contributed by atoms with Gasteiger partial charge in [0.05, 0.1) is 28.5 Å². The lowest BCUT2D eigenvalue weighted by molar-refractivity contribution is -0.384. The summed E-state index contributed by atoms with van der Waals surface area (Å²) in [6.45, 7) is 0.133. The lowest BCUT2D eigenvalue weighted by atomic mass is 9.97. The van der Waals surface area contributed by atoms with Gasteiger partial charge in [0, 0.05) is 25.2 Å². The second-order valence-corrected chi connectivity index (χ2v) is 9.14. The first-order valence-corrected chi connectivity index (χ1v) is 11.4. The number of nitrogens with zero attached hydrogens (tertiary/aromatic N) is 3. The molecule has 0 atom stereocenters. The molecule has 10 nitrogen and oxygen atoms in total. The Hall–Kier alpha value is -3.47. The van der Waals surface area contributed by atoms with Crippen LogP contribution in [0.5, 0.6) is 0 Å². The van der Waals surface area contributed by atoms with Crippen molar-refractivity contribution in [2.45, 2.75) is 17.7 Å². The number of non-ortho nitro benzene ring substituents is 1. The molecule has 170 valence electrons. The fraction of sp³-hybridized carbons (Fsp3) is 0.333. The van der Waals surface area contributed by atoms with Gasteiger partial charge in [-0.25, -0.2) is 8.42 Å². The average Bonchev–Trinajstić information content (AvgIpc) is 2.82. The zero-order valence-corrected chi connectivity index (χ0v) is 18.2. The predicted octanol–water partition coefficient (Wildman–Crippen LogP) is 2.20. The smallest absolute Gasteiger partial charge is 0.308 e. The minimum Gasteiger partial charge on any atom is -0.469 e. The highest BCUT2D eigenvalue weighted by atomic mass is 32.2. The Kier molecular flexibility index (Phi) is 7.08. The number of nitro benzene ring substituents is 1. The Morgan fingerprint density at radius 3 is 2.22 bits per heavy atom. The molecule has 0 bridgehead atoms. The summed E-state index contributed by atoms with van der Waals surface area (Å²) in [6, 6.07) is 12.6. The van der Waals surface area contributed by atoms with E-state index in [1.807, 2.05) is 0 Å².